The molecule has 0 amide bonds. The van der Waals surface area contributed by atoms with Crippen molar-refractivity contribution in [1.82, 2.24) is 13.9 Å². The highest BCUT2D eigenvalue weighted by atomic mass is 32.2. The van der Waals surface area contributed by atoms with Crippen LogP contribution < -0.4 is 4.72 Å². The van der Waals surface area contributed by atoms with Crippen LogP contribution in [-0.4, -0.2) is 69.5 Å². The lowest BCUT2D eigenvalue weighted by Crippen LogP contribution is -2.39. The van der Waals surface area contributed by atoms with Gasteiger partial charge in [-0.1, -0.05) is 0 Å². The molecule has 0 heterocycles. The summed E-state index contributed by atoms with van der Waals surface area (Å²) in [5.41, 5.74) is 0. The molecule has 18 heavy (non-hydrogen) atoms. The van der Waals surface area contributed by atoms with Crippen LogP contribution in [0, 0.1) is 0 Å². The topological polar surface area (TPSA) is 90.0 Å². The third kappa shape index (κ3) is 8.40. The molecule has 0 rings (SSSR count). The maximum absolute atomic E-state index is 11.7. The Morgan fingerprint density at radius 2 is 1.78 bits per heavy atom. The van der Waals surface area contributed by atoms with Crippen LogP contribution in [0.4, 0.5) is 0 Å². The number of carboxylic acids is 1. The lowest BCUT2D eigenvalue weighted by molar-refractivity contribution is -0.137. The number of rotatable bonds is 10. The van der Waals surface area contributed by atoms with Crippen LogP contribution in [0.1, 0.15) is 19.3 Å². The first kappa shape index (κ1) is 17.3. The number of carbonyl (C=O) groups is 1. The summed E-state index contributed by atoms with van der Waals surface area (Å²) in [4.78, 5) is 12.4. The Bertz CT molecular complexity index is 343. The van der Waals surface area contributed by atoms with Gasteiger partial charge >= 0.3 is 5.97 Å². The molecular weight excluding hydrogens is 258 g/mol. The number of unbranched alkanes of at least 4 members (excludes halogenated alkanes) is 1. The number of nitrogens with one attached hydrogen (secondary N) is 1. The van der Waals surface area contributed by atoms with E-state index < -0.39 is 16.2 Å². The van der Waals surface area contributed by atoms with Crippen molar-refractivity contribution in [3.8, 4) is 0 Å². The largest absolute Gasteiger partial charge is 0.481 e. The van der Waals surface area contributed by atoms with E-state index in [-0.39, 0.29) is 13.0 Å². The minimum Gasteiger partial charge on any atom is -0.481 e. The Balaban J connectivity index is 3.88. The van der Waals surface area contributed by atoms with Gasteiger partial charge in [0.25, 0.3) is 10.2 Å². The van der Waals surface area contributed by atoms with Gasteiger partial charge in [0.1, 0.15) is 0 Å². The van der Waals surface area contributed by atoms with E-state index in [2.05, 4.69) is 4.72 Å². The molecule has 0 fully saturated rings. The number of hydrogen-bond donors (Lipinski definition) is 2. The van der Waals surface area contributed by atoms with Gasteiger partial charge in [-0.25, -0.2) is 4.72 Å². The molecule has 0 atom stereocenters. The fourth-order valence-electron chi connectivity index (χ4n) is 1.24. The summed E-state index contributed by atoms with van der Waals surface area (Å²) >= 11 is 0. The summed E-state index contributed by atoms with van der Waals surface area (Å²) in [6, 6.07) is 0. The summed E-state index contributed by atoms with van der Waals surface area (Å²) in [5, 5.41) is 8.48. The van der Waals surface area contributed by atoms with Crippen molar-refractivity contribution < 1.29 is 18.3 Å². The fraction of sp³-hybridized carbons (Fsp3) is 0.900. The lowest BCUT2D eigenvalue weighted by Gasteiger charge is -2.17. The Labute approximate surface area is 109 Å². The predicted octanol–water partition coefficient (Wildman–Crippen LogP) is -0.431. The molecule has 0 saturated heterocycles. The van der Waals surface area contributed by atoms with E-state index in [1.165, 1.54) is 7.05 Å². The van der Waals surface area contributed by atoms with Crippen LogP contribution in [0.2, 0.25) is 0 Å². The summed E-state index contributed by atoms with van der Waals surface area (Å²) in [6.45, 7) is 1.26. The average molecular weight is 281 g/mol. The second-order valence-electron chi connectivity index (χ2n) is 4.38. The zero-order valence-electron chi connectivity index (χ0n) is 11.2. The van der Waals surface area contributed by atoms with E-state index in [0.29, 0.717) is 6.54 Å². The summed E-state index contributed by atoms with van der Waals surface area (Å²) in [5.74, 6) is -1.01. The van der Waals surface area contributed by atoms with E-state index in [9.17, 15) is 13.2 Å². The number of aliphatic carboxylic acids is 1. The van der Waals surface area contributed by atoms with Crippen molar-refractivity contribution in [2.45, 2.75) is 19.3 Å². The molecule has 108 valence electrons. The second-order valence-corrected chi connectivity index (χ2v) is 6.24. The highest BCUT2D eigenvalue weighted by Gasteiger charge is 2.17. The molecule has 0 aromatic rings. The molecule has 2 N–H and O–H groups in total. The maximum atomic E-state index is 11.7. The summed E-state index contributed by atoms with van der Waals surface area (Å²) in [7, 11) is 1.74. The first-order valence-electron chi connectivity index (χ1n) is 5.83. The monoisotopic (exact) mass is 281 g/mol. The van der Waals surface area contributed by atoms with Crippen LogP contribution in [0.3, 0.4) is 0 Å². The molecular formula is C10H23N3O4S. The van der Waals surface area contributed by atoms with Gasteiger partial charge in [0.15, 0.2) is 0 Å². The third-order valence-electron chi connectivity index (χ3n) is 2.37. The Morgan fingerprint density at radius 1 is 1.17 bits per heavy atom. The fourth-order valence-corrected chi connectivity index (χ4v) is 2.19. The summed E-state index contributed by atoms with van der Waals surface area (Å²) < 4.78 is 26.8. The van der Waals surface area contributed by atoms with Gasteiger partial charge in [-0.05, 0) is 33.5 Å². The second kappa shape index (κ2) is 8.41. The van der Waals surface area contributed by atoms with E-state index in [1.807, 2.05) is 19.0 Å². The Kier molecular flexibility index (Phi) is 8.08. The molecule has 0 aromatic carbocycles. The van der Waals surface area contributed by atoms with Gasteiger partial charge in [0.05, 0.1) is 6.42 Å². The molecule has 0 spiro atoms. The van der Waals surface area contributed by atoms with Crippen molar-refractivity contribution >= 4 is 16.2 Å². The molecule has 0 bridgehead atoms. The molecule has 0 saturated carbocycles. The molecule has 0 radical (unpaired) electrons. The van der Waals surface area contributed by atoms with Crippen molar-refractivity contribution in [1.29, 1.82) is 0 Å². The smallest absolute Gasteiger partial charge is 0.304 e. The third-order valence-corrected chi connectivity index (χ3v) is 3.94. The van der Waals surface area contributed by atoms with Crippen LogP contribution in [0.15, 0.2) is 0 Å². The Hall–Kier alpha value is -0.700. The highest BCUT2D eigenvalue weighted by molar-refractivity contribution is 7.87. The van der Waals surface area contributed by atoms with Crippen molar-refractivity contribution in [2.24, 2.45) is 0 Å². The van der Waals surface area contributed by atoms with Crippen LogP contribution in [-0.2, 0) is 15.0 Å². The SMILES string of the molecule is CN(C)CCCCNS(=O)(=O)N(C)CCC(=O)O. The van der Waals surface area contributed by atoms with Crippen molar-refractivity contribution in [2.75, 3.05) is 40.8 Å². The minimum absolute atomic E-state index is 0.0254. The first-order valence-corrected chi connectivity index (χ1v) is 7.27. The summed E-state index contributed by atoms with van der Waals surface area (Å²) in [6.07, 6.45) is 1.47. The van der Waals surface area contributed by atoms with Crippen LogP contribution in [0.5, 0.6) is 0 Å². The molecule has 8 heteroatoms. The maximum Gasteiger partial charge on any atom is 0.304 e. The van der Waals surface area contributed by atoms with Gasteiger partial charge in [0, 0.05) is 20.1 Å². The number of carboxylic acid groups (broad SMARTS) is 1. The van der Waals surface area contributed by atoms with Gasteiger partial charge in [0.2, 0.25) is 0 Å². The molecule has 7 nitrogen and oxygen atoms in total. The van der Waals surface area contributed by atoms with Crippen molar-refractivity contribution in [3.63, 3.8) is 0 Å². The van der Waals surface area contributed by atoms with E-state index in [1.54, 1.807) is 0 Å². The predicted molar refractivity (Wildman–Crippen MR) is 69.6 cm³/mol. The van der Waals surface area contributed by atoms with Crippen LogP contribution in [0.25, 0.3) is 0 Å². The molecule has 0 aliphatic rings. The lowest BCUT2D eigenvalue weighted by atomic mass is 10.3. The molecule has 0 unspecified atom stereocenters. The van der Waals surface area contributed by atoms with Gasteiger partial charge in [-0.3, -0.25) is 4.79 Å². The van der Waals surface area contributed by atoms with Gasteiger partial charge < -0.3 is 10.0 Å². The van der Waals surface area contributed by atoms with E-state index in [4.69, 9.17) is 5.11 Å². The van der Waals surface area contributed by atoms with E-state index in [0.717, 1.165) is 23.7 Å². The zero-order valence-corrected chi connectivity index (χ0v) is 12.0. The quantitative estimate of drug-likeness (QED) is 0.530. The standard InChI is InChI=1S/C10H23N3O4S/c1-12(2)8-5-4-7-11-18(16,17)13(3)9-6-10(14)15/h11H,4-9H2,1-3H3,(H,14,15). The zero-order chi connectivity index (χ0) is 14.2. The van der Waals surface area contributed by atoms with Crippen molar-refractivity contribution in [3.05, 3.63) is 0 Å². The first-order chi connectivity index (χ1) is 8.25. The normalized spacial score (nSPS) is 12.3. The van der Waals surface area contributed by atoms with E-state index >= 15 is 0 Å². The average Bonchev–Trinajstić information content (AvgIpc) is 2.24. The molecule has 0 aromatic heterocycles. The molecule has 0 aliphatic heterocycles. The minimum atomic E-state index is -3.55. The van der Waals surface area contributed by atoms with Gasteiger partial charge in [-0.2, -0.15) is 12.7 Å². The van der Waals surface area contributed by atoms with Gasteiger partial charge in [-0.15, -0.1) is 0 Å². The number of hydrogen-bond acceptors (Lipinski definition) is 4. The number of nitrogens with zero attached hydrogens (tertiary/aromatic N) is 2. The highest BCUT2D eigenvalue weighted by Crippen LogP contribution is 1.97. The Morgan fingerprint density at radius 3 is 2.28 bits per heavy atom. The molecule has 0 aliphatic carbocycles. The van der Waals surface area contributed by atoms with Crippen LogP contribution >= 0.6 is 0 Å².